The van der Waals surface area contributed by atoms with E-state index in [0.717, 1.165) is 0 Å². The van der Waals surface area contributed by atoms with E-state index in [-0.39, 0.29) is 17.4 Å². The first-order valence-electron chi connectivity index (χ1n) is 8.75. The van der Waals surface area contributed by atoms with Gasteiger partial charge in [-0.1, -0.05) is 11.6 Å². The van der Waals surface area contributed by atoms with Crippen molar-refractivity contribution in [1.29, 1.82) is 0 Å². The Bertz CT molecular complexity index is 1170. The van der Waals surface area contributed by atoms with Gasteiger partial charge in [0.25, 0.3) is 0 Å². The fraction of sp³-hybridized carbons (Fsp3) is 0.278. The zero-order valence-electron chi connectivity index (χ0n) is 16.0. The summed E-state index contributed by atoms with van der Waals surface area (Å²) in [5.41, 5.74) is 1.55. The number of hydrogen-bond acceptors (Lipinski definition) is 6. The molecule has 3 heterocycles. The number of aryl methyl sites for hydroxylation is 1. The molecule has 0 atom stereocenters. The quantitative estimate of drug-likeness (QED) is 0.498. The Morgan fingerprint density at radius 1 is 1.41 bits per heavy atom. The molecule has 0 aliphatic heterocycles. The molecule has 0 bridgehead atoms. The number of aliphatic hydroxyl groups excluding tert-OH is 1. The number of nitrogens with one attached hydrogen (secondary N) is 1. The Morgan fingerprint density at radius 3 is 2.86 bits per heavy atom. The SMILES string of the molecule is COc1cc2c(-n3ccnc3)c(-c3nc(N(C)CCO)n[nH]3)n(C)c2c(F)c1Cl. The third-order valence-electron chi connectivity index (χ3n) is 4.75. The number of imidazole rings is 1. The third-order valence-corrected chi connectivity index (χ3v) is 5.11. The summed E-state index contributed by atoms with van der Waals surface area (Å²) in [4.78, 5) is 10.3. The summed E-state index contributed by atoms with van der Waals surface area (Å²) in [5.74, 6) is 0.484. The van der Waals surface area contributed by atoms with Crippen LogP contribution in [0.1, 0.15) is 0 Å². The Kier molecular flexibility index (Phi) is 4.89. The van der Waals surface area contributed by atoms with E-state index in [4.69, 9.17) is 21.4 Å². The van der Waals surface area contributed by atoms with Gasteiger partial charge >= 0.3 is 0 Å². The molecule has 0 fully saturated rings. The average molecular weight is 420 g/mol. The molecule has 0 saturated heterocycles. The van der Waals surface area contributed by atoms with Crippen LogP contribution >= 0.6 is 11.6 Å². The van der Waals surface area contributed by atoms with Gasteiger partial charge in [0.1, 0.15) is 16.5 Å². The van der Waals surface area contributed by atoms with Gasteiger partial charge in [0.2, 0.25) is 5.95 Å². The highest BCUT2D eigenvalue weighted by Crippen LogP contribution is 2.41. The van der Waals surface area contributed by atoms with Crippen LogP contribution in [0.25, 0.3) is 28.1 Å². The number of H-pyrrole nitrogens is 1. The number of aliphatic hydroxyl groups is 1. The Morgan fingerprint density at radius 2 is 2.21 bits per heavy atom. The molecule has 0 unspecified atom stereocenters. The first kappa shape index (κ1) is 19.2. The number of methoxy groups -OCH3 is 1. The van der Waals surface area contributed by atoms with Crippen LogP contribution in [0, 0.1) is 5.82 Å². The molecule has 3 aromatic heterocycles. The summed E-state index contributed by atoms with van der Waals surface area (Å²) in [7, 11) is 4.93. The molecule has 0 saturated carbocycles. The fourth-order valence-corrected chi connectivity index (χ4v) is 3.57. The first-order chi connectivity index (χ1) is 14.0. The molecule has 11 heteroatoms. The number of nitrogens with zero attached hydrogens (tertiary/aromatic N) is 6. The van der Waals surface area contributed by atoms with Crippen LogP contribution in [0.3, 0.4) is 0 Å². The van der Waals surface area contributed by atoms with Crippen molar-refractivity contribution < 1.29 is 14.2 Å². The molecular weight excluding hydrogens is 401 g/mol. The standard InChI is InChI=1S/C18H19ClFN7O2/c1-25(6-7-28)18-22-17(23-24-18)16-15(27-5-4-21-9-27)10-8-11(29-3)12(19)13(20)14(10)26(16)2/h4-5,8-9,28H,6-7H2,1-3H3,(H,22,23,24). The van der Waals surface area contributed by atoms with Gasteiger partial charge in [0.15, 0.2) is 11.6 Å². The Balaban J connectivity index is 2.03. The van der Waals surface area contributed by atoms with Gasteiger partial charge in [-0.05, 0) is 6.07 Å². The number of anilines is 1. The molecule has 0 radical (unpaired) electrons. The maximum Gasteiger partial charge on any atom is 0.244 e. The highest BCUT2D eigenvalue weighted by Gasteiger charge is 2.26. The van der Waals surface area contributed by atoms with Crippen LogP contribution in [-0.2, 0) is 7.05 Å². The molecule has 4 rings (SSSR count). The van der Waals surface area contributed by atoms with E-state index in [1.807, 2.05) is 0 Å². The number of ether oxygens (including phenoxy) is 1. The Labute approximate surface area is 170 Å². The maximum absolute atomic E-state index is 15.2. The van der Waals surface area contributed by atoms with Crippen molar-refractivity contribution in [2.24, 2.45) is 7.05 Å². The molecule has 4 aromatic rings. The number of likely N-dealkylation sites (N-methyl/N-ethyl adjacent to an activating group) is 1. The predicted molar refractivity (Wildman–Crippen MR) is 107 cm³/mol. The number of rotatable bonds is 6. The second kappa shape index (κ2) is 7.37. The van der Waals surface area contributed by atoms with Gasteiger partial charge in [-0.3, -0.25) is 5.10 Å². The van der Waals surface area contributed by atoms with E-state index < -0.39 is 5.82 Å². The number of aromatic nitrogens is 6. The molecular formula is C18H19ClFN7O2. The van der Waals surface area contributed by atoms with Gasteiger partial charge < -0.3 is 23.9 Å². The normalized spacial score (nSPS) is 11.4. The van der Waals surface area contributed by atoms with E-state index in [2.05, 4.69) is 20.2 Å². The highest BCUT2D eigenvalue weighted by molar-refractivity contribution is 6.33. The smallest absolute Gasteiger partial charge is 0.244 e. The van der Waals surface area contributed by atoms with Crippen molar-refractivity contribution in [3.63, 3.8) is 0 Å². The van der Waals surface area contributed by atoms with Crippen LogP contribution in [0.2, 0.25) is 5.02 Å². The lowest BCUT2D eigenvalue weighted by Gasteiger charge is -2.11. The van der Waals surface area contributed by atoms with E-state index in [0.29, 0.717) is 40.6 Å². The average Bonchev–Trinajstić information content (AvgIpc) is 3.43. The molecule has 1 aromatic carbocycles. The molecule has 2 N–H and O–H groups in total. The zero-order valence-corrected chi connectivity index (χ0v) is 16.8. The summed E-state index contributed by atoms with van der Waals surface area (Å²) >= 11 is 6.16. The topological polar surface area (TPSA) is 97.0 Å². The van der Waals surface area contributed by atoms with Gasteiger partial charge in [-0.15, -0.1) is 5.10 Å². The first-order valence-corrected chi connectivity index (χ1v) is 9.13. The number of hydrogen-bond donors (Lipinski definition) is 2. The minimum Gasteiger partial charge on any atom is -0.495 e. The molecule has 0 amide bonds. The largest absolute Gasteiger partial charge is 0.495 e. The second-order valence-electron chi connectivity index (χ2n) is 6.46. The van der Waals surface area contributed by atoms with Gasteiger partial charge in [-0.2, -0.15) is 4.98 Å². The van der Waals surface area contributed by atoms with Crippen LogP contribution in [0.4, 0.5) is 10.3 Å². The third kappa shape index (κ3) is 3.00. The molecule has 29 heavy (non-hydrogen) atoms. The number of benzene rings is 1. The summed E-state index contributed by atoms with van der Waals surface area (Å²) in [5, 5.41) is 16.8. The lowest BCUT2D eigenvalue weighted by molar-refractivity contribution is 0.303. The maximum atomic E-state index is 15.2. The number of halogens is 2. The molecule has 0 aliphatic carbocycles. The van der Waals surface area contributed by atoms with E-state index in [1.165, 1.54) is 7.11 Å². The van der Waals surface area contributed by atoms with Crippen LogP contribution < -0.4 is 9.64 Å². The molecule has 0 spiro atoms. The van der Waals surface area contributed by atoms with Crippen LogP contribution in [-0.4, -0.2) is 61.7 Å². The summed E-state index contributed by atoms with van der Waals surface area (Å²) in [6.45, 7) is 0.348. The fourth-order valence-electron chi connectivity index (χ4n) is 3.35. The van der Waals surface area contributed by atoms with E-state index >= 15 is 4.39 Å². The van der Waals surface area contributed by atoms with E-state index in [1.54, 1.807) is 52.9 Å². The van der Waals surface area contributed by atoms with Crippen molar-refractivity contribution in [3.8, 4) is 23.0 Å². The van der Waals surface area contributed by atoms with Crippen molar-refractivity contribution in [2.75, 3.05) is 32.2 Å². The summed E-state index contributed by atoms with van der Waals surface area (Å²) in [6.07, 6.45) is 5.01. The van der Waals surface area contributed by atoms with E-state index in [9.17, 15) is 0 Å². The monoisotopic (exact) mass is 419 g/mol. The molecule has 0 aliphatic rings. The van der Waals surface area contributed by atoms with Gasteiger partial charge in [0.05, 0.1) is 31.2 Å². The van der Waals surface area contributed by atoms with Crippen molar-refractivity contribution in [3.05, 3.63) is 35.6 Å². The molecule has 152 valence electrons. The van der Waals surface area contributed by atoms with Crippen molar-refractivity contribution >= 4 is 28.5 Å². The number of aromatic amines is 1. The van der Waals surface area contributed by atoms with Crippen LogP contribution in [0.15, 0.2) is 24.8 Å². The van der Waals surface area contributed by atoms with Crippen molar-refractivity contribution in [1.82, 2.24) is 29.3 Å². The second-order valence-corrected chi connectivity index (χ2v) is 6.84. The highest BCUT2D eigenvalue weighted by atomic mass is 35.5. The minimum atomic E-state index is -0.590. The minimum absolute atomic E-state index is 0.0296. The lowest BCUT2D eigenvalue weighted by atomic mass is 10.2. The summed E-state index contributed by atoms with van der Waals surface area (Å²) in [6, 6.07) is 1.69. The summed E-state index contributed by atoms with van der Waals surface area (Å²) < 4.78 is 23.8. The lowest BCUT2D eigenvalue weighted by Crippen LogP contribution is -2.22. The van der Waals surface area contributed by atoms with Crippen LogP contribution in [0.5, 0.6) is 5.75 Å². The van der Waals surface area contributed by atoms with Crippen molar-refractivity contribution in [2.45, 2.75) is 0 Å². The van der Waals surface area contributed by atoms with Gasteiger partial charge in [-0.25, -0.2) is 9.37 Å². The predicted octanol–water partition coefficient (Wildman–Crippen LogP) is 2.38. The zero-order chi connectivity index (χ0) is 20.7. The Hall–Kier alpha value is -3.11. The van der Waals surface area contributed by atoms with Gasteiger partial charge in [0, 0.05) is 38.4 Å². The number of fused-ring (bicyclic) bond motifs is 1. The molecule has 9 nitrogen and oxygen atoms in total.